The van der Waals surface area contributed by atoms with E-state index in [2.05, 4.69) is 17.2 Å². The van der Waals surface area contributed by atoms with Crippen molar-refractivity contribution in [3.8, 4) is 0 Å². The molecule has 0 aliphatic carbocycles. The standard InChI is InChI=1S/C17H24N2O4/c1-5-10-22-11-9-15(20)18-13-7-6-8-14(12-13)19-16(21)23-17(2,3)4/h5-8,12H,1,9-11H2,2-4H3,(H,18,20)(H,19,21). The lowest BCUT2D eigenvalue weighted by molar-refractivity contribution is -0.117. The van der Waals surface area contributed by atoms with Gasteiger partial charge in [0.15, 0.2) is 0 Å². The van der Waals surface area contributed by atoms with Crippen molar-refractivity contribution < 1.29 is 19.1 Å². The third kappa shape index (κ3) is 8.63. The fourth-order valence-electron chi connectivity index (χ4n) is 1.65. The zero-order valence-corrected chi connectivity index (χ0v) is 13.8. The maximum absolute atomic E-state index is 11.8. The number of hydrogen-bond acceptors (Lipinski definition) is 4. The summed E-state index contributed by atoms with van der Waals surface area (Å²) in [5.41, 5.74) is 0.564. The minimum absolute atomic E-state index is 0.163. The number of rotatable bonds is 7. The Bertz CT molecular complexity index is 550. The van der Waals surface area contributed by atoms with Gasteiger partial charge in [-0.1, -0.05) is 12.1 Å². The van der Waals surface area contributed by atoms with Crippen LogP contribution in [0.2, 0.25) is 0 Å². The molecule has 0 aromatic heterocycles. The van der Waals surface area contributed by atoms with Crippen molar-refractivity contribution in [2.24, 2.45) is 0 Å². The van der Waals surface area contributed by atoms with E-state index in [1.165, 1.54) is 0 Å². The molecular formula is C17H24N2O4. The second-order valence-corrected chi connectivity index (χ2v) is 5.87. The molecule has 0 heterocycles. The third-order valence-corrected chi connectivity index (χ3v) is 2.50. The Morgan fingerprint density at radius 3 is 2.48 bits per heavy atom. The highest BCUT2D eigenvalue weighted by molar-refractivity contribution is 5.92. The molecule has 0 unspecified atom stereocenters. The monoisotopic (exact) mass is 320 g/mol. The van der Waals surface area contributed by atoms with Crippen LogP contribution in [-0.2, 0) is 14.3 Å². The molecule has 0 radical (unpaired) electrons. The first-order chi connectivity index (χ1) is 10.8. The Kier molecular flexibility index (Phi) is 7.28. The van der Waals surface area contributed by atoms with Crippen molar-refractivity contribution in [2.75, 3.05) is 23.8 Å². The van der Waals surface area contributed by atoms with Crippen LogP contribution in [0.3, 0.4) is 0 Å². The lowest BCUT2D eigenvalue weighted by atomic mass is 10.2. The summed E-state index contributed by atoms with van der Waals surface area (Å²) in [6, 6.07) is 6.85. The number of benzene rings is 1. The molecule has 0 aliphatic heterocycles. The van der Waals surface area contributed by atoms with Crippen LogP contribution in [0.5, 0.6) is 0 Å². The molecule has 0 aliphatic rings. The van der Waals surface area contributed by atoms with Gasteiger partial charge in [-0.2, -0.15) is 0 Å². The normalized spacial score (nSPS) is 10.7. The maximum Gasteiger partial charge on any atom is 0.412 e. The largest absolute Gasteiger partial charge is 0.444 e. The lowest BCUT2D eigenvalue weighted by Crippen LogP contribution is -2.27. The number of ether oxygens (including phenoxy) is 2. The van der Waals surface area contributed by atoms with E-state index < -0.39 is 11.7 Å². The van der Waals surface area contributed by atoms with Crippen LogP contribution in [0, 0.1) is 0 Å². The quantitative estimate of drug-likeness (QED) is 0.595. The molecule has 2 N–H and O–H groups in total. The first kappa shape index (κ1) is 18.7. The summed E-state index contributed by atoms with van der Waals surface area (Å²) in [5.74, 6) is -0.163. The predicted molar refractivity (Wildman–Crippen MR) is 90.6 cm³/mol. The molecule has 6 nitrogen and oxygen atoms in total. The van der Waals surface area contributed by atoms with Crippen molar-refractivity contribution >= 4 is 23.4 Å². The molecule has 0 bridgehead atoms. The second kappa shape index (κ2) is 8.95. The molecule has 1 rings (SSSR count). The van der Waals surface area contributed by atoms with Gasteiger partial charge >= 0.3 is 6.09 Å². The van der Waals surface area contributed by atoms with Gasteiger partial charge in [0.05, 0.1) is 19.6 Å². The van der Waals surface area contributed by atoms with Crippen molar-refractivity contribution in [1.82, 2.24) is 0 Å². The minimum Gasteiger partial charge on any atom is -0.444 e. The van der Waals surface area contributed by atoms with E-state index in [0.717, 1.165) is 0 Å². The molecule has 0 fully saturated rings. The smallest absolute Gasteiger partial charge is 0.412 e. The molecule has 0 atom stereocenters. The number of hydrogen-bond donors (Lipinski definition) is 2. The first-order valence-electron chi connectivity index (χ1n) is 7.39. The maximum atomic E-state index is 11.8. The average Bonchev–Trinajstić information content (AvgIpc) is 2.42. The topological polar surface area (TPSA) is 76.7 Å². The Morgan fingerprint density at radius 1 is 1.22 bits per heavy atom. The van der Waals surface area contributed by atoms with Gasteiger partial charge in [0.25, 0.3) is 0 Å². The fourth-order valence-corrected chi connectivity index (χ4v) is 1.65. The number of nitrogens with one attached hydrogen (secondary N) is 2. The summed E-state index contributed by atoms with van der Waals surface area (Å²) < 4.78 is 10.3. The minimum atomic E-state index is -0.568. The SMILES string of the molecule is C=CCOCCC(=O)Nc1cccc(NC(=O)OC(C)(C)C)c1. The zero-order chi connectivity index (χ0) is 17.3. The van der Waals surface area contributed by atoms with E-state index in [-0.39, 0.29) is 12.3 Å². The van der Waals surface area contributed by atoms with Gasteiger partial charge in [-0.3, -0.25) is 10.1 Å². The molecule has 1 aromatic carbocycles. The van der Waals surface area contributed by atoms with Crippen LogP contribution in [0.1, 0.15) is 27.2 Å². The summed E-state index contributed by atoms with van der Waals surface area (Å²) in [4.78, 5) is 23.5. The van der Waals surface area contributed by atoms with Gasteiger partial charge in [0, 0.05) is 11.4 Å². The highest BCUT2D eigenvalue weighted by atomic mass is 16.6. The van der Waals surface area contributed by atoms with Crippen LogP contribution in [0.4, 0.5) is 16.2 Å². The molecule has 0 saturated heterocycles. The van der Waals surface area contributed by atoms with E-state index in [1.54, 1.807) is 51.1 Å². The highest BCUT2D eigenvalue weighted by Gasteiger charge is 2.16. The molecule has 2 amide bonds. The van der Waals surface area contributed by atoms with Gasteiger partial charge in [0.1, 0.15) is 5.60 Å². The van der Waals surface area contributed by atoms with Crippen LogP contribution in [0.25, 0.3) is 0 Å². The molecule has 126 valence electrons. The predicted octanol–water partition coefficient (Wildman–Crippen LogP) is 3.56. The Morgan fingerprint density at radius 2 is 1.87 bits per heavy atom. The average molecular weight is 320 g/mol. The molecule has 6 heteroatoms. The van der Waals surface area contributed by atoms with Crippen LogP contribution < -0.4 is 10.6 Å². The van der Waals surface area contributed by atoms with E-state index in [0.29, 0.717) is 24.6 Å². The summed E-state index contributed by atoms with van der Waals surface area (Å²) in [5, 5.41) is 5.37. The summed E-state index contributed by atoms with van der Waals surface area (Å²) in [6.45, 7) is 9.64. The van der Waals surface area contributed by atoms with E-state index in [9.17, 15) is 9.59 Å². The number of carbonyl (C=O) groups excluding carboxylic acids is 2. The van der Waals surface area contributed by atoms with Crippen molar-refractivity contribution in [3.63, 3.8) is 0 Å². The van der Waals surface area contributed by atoms with Crippen molar-refractivity contribution in [3.05, 3.63) is 36.9 Å². The first-order valence-corrected chi connectivity index (χ1v) is 7.39. The lowest BCUT2D eigenvalue weighted by Gasteiger charge is -2.19. The van der Waals surface area contributed by atoms with Gasteiger partial charge in [-0.05, 0) is 39.0 Å². The van der Waals surface area contributed by atoms with Crippen LogP contribution >= 0.6 is 0 Å². The van der Waals surface area contributed by atoms with Crippen LogP contribution in [0.15, 0.2) is 36.9 Å². The van der Waals surface area contributed by atoms with Gasteiger partial charge < -0.3 is 14.8 Å². The number of amides is 2. The summed E-state index contributed by atoms with van der Waals surface area (Å²) in [7, 11) is 0. The third-order valence-electron chi connectivity index (χ3n) is 2.50. The number of carbonyl (C=O) groups is 2. The summed E-state index contributed by atoms with van der Waals surface area (Å²) >= 11 is 0. The molecular weight excluding hydrogens is 296 g/mol. The molecule has 1 aromatic rings. The fraction of sp³-hybridized carbons (Fsp3) is 0.412. The molecule has 23 heavy (non-hydrogen) atoms. The number of anilines is 2. The van der Waals surface area contributed by atoms with Gasteiger partial charge in [0.2, 0.25) is 5.91 Å². The highest BCUT2D eigenvalue weighted by Crippen LogP contribution is 2.17. The Hall–Kier alpha value is -2.34. The van der Waals surface area contributed by atoms with Gasteiger partial charge in [-0.25, -0.2) is 4.79 Å². The van der Waals surface area contributed by atoms with Gasteiger partial charge in [-0.15, -0.1) is 6.58 Å². The van der Waals surface area contributed by atoms with Crippen molar-refractivity contribution in [2.45, 2.75) is 32.8 Å². The van der Waals surface area contributed by atoms with E-state index >= 15 is 0 Å². The molecule has 0 spiro atoms. The van der Waals surface area contributed by atoms with E-state index in [4.69, 9.17) is 9.47 Å². The molecule has 0 saturated carbocycles. The zero-order valence-electron chi connectivity index (χ0n) is 13.8. The Labute approximate surface area is 136 Å². The second-order valence-electron chi connectivity index (χ2n) is 5.87. The van der Waals surface area contributed by atoms with Crippen molar-refractivity contribution in [1.29, 1.82) is 0 Å². The Balaban J connectivity index is 2.51. The van der Waals surface area contributed by atoms with Crippen LogP contribution in [-0.4, -0.2) is 30.8 Å². The summed E-state index contributed by atoms with van der Waals surface area (Å²) in [6.07, 6.45) is 1.33. The van der Waals surface area contributed by atoms with E-state index in [1.807, 2.05) is 0 Å².